The third-order valence-electron chi connectivity index (χ3n) is 3.88. The molecule has 3 rings (SSSR count). The first-order valence-electron chi connectivity index (χ1n) is 5.06. The predicted molar refractivity (Wildman–Crippen MR) is 52.3 cm³/mol. The summed E-state index contributed by atoms with van der Waals surface area (Å²) in [6, 6.07) is 0. The van der Waals surface area contributed by atoms with E-state index in [1.54, 1.807) is 6.08 Å². The highest BCUT2D eigenvalue weighted by Crippen LogP contribution is 2.55. The molecule has 2 bridgehead atoms. The molecule has 0 spiro atoms. The fraction of sp³-hybridized carbons (Fsp3) is 0.636. The minimum atomic E-state index is -1.16. The second kappa shape index (κ2) is 2.84. The Balaban J connectivity index is 2.47. The molecule has 0 radical (unpaired) electrons. The van der Waals surface area contributed by atoms with Crippen LogP contribution in [0.5, 0.6) is 0 Å². The van der Waals surface area contributed by atoms with Crippen LogP contribution in [0.3, 0.4) is 0 Å². The zero-order valence-electron chi connectivity index (χ0n) is 8.56. The Hall–Kier alpha value is -1.32. The van der Waals surface area contributed by atoms with E-state index in [1.807, 2.05) is 13.0 Å². The van der Waals surface area contributed by atoms with Gasteiger partial charge in [0.05, 0.1) is 11.3 Å². The average molecular weight is 210 g/mol. The van der Waals surface area contributed by atoms with Gasteiger partial charge in [-0.25, -0.2) is 0 Å². The Morgan fingerprint density at radius 1 is 1.27 bits per heavy atom. The Kier molecular flexibility index (Phi) is 1.93. The molecule has 3 unspecified atom stereocenters. The molecule has 1 saturated carbocycles. The number of rotatable bonds is 2. The molecule has 4 nitrogen and oxygen atoms in total. The summed E-state index contributed by atoms with van der Waals surface area (Å²) in [5.74, 6) is -2.78. The Morgan fingerprint density at radius 3 is 2.33 bits per heavy atom. The van der Waals surface area contributed by atoms with Gasteiger partial charge in [0, 0.05) is 0 Å². The third-order valence-corrected chi connectivity index (χ3v) is 3.88. The molecular weight excluding hydrogens is 196 g/mol. The molecule has 0 saturated heterocycles. The first-order chi connectivity index (χ1) is 6.90. The van der Waals surface area contributed by atoms with Crippen LogP contribution in [0.4, 0.5) is 0 Å². The van der Waals surface area contributed by atoms with E-state index in [4.69, 9.17) is 5.11 Å². The Labute approximate surface area is 87.6 Å². The van der Waals surface area contributed by atoms with Crippen molar-refractivity contribution in [2.75, 3.05) is 0 Å². The van der Waals surface area contributed by atoms with E-state index in [1.165, 1.54) is 0 Å². The zero-order valence-corrected chi connectivity index (χ0v) is 8.56. The number of hydrogen-bond donors (Lipinski definition) is 2. The number of carbonyl (C=O) groups is 2. The van der Waals surface area contributed by atoms with E-state index in [9.17, 15) is 14.7 Å². The molecule has 0 aliphatic heterocycles. The van der Waals surface area contributed by atoms with Gasteiger partial charge in [-0.1, -0.05) is 19.1 Å². The first kappa shape index (κ1) is 10.2. The molecule has 82 valence electrons. The summed E-state index contributed by atoms with van der Waals surface area (Å²) in [4.78, 5) is 22.3. The van der Waals surface area contributed by atoms with Crippen LogP contribution in [0.15, 0.2) is 12.2 Å². The van der Waals surface area contributed by atoms with Gasteiger partial charge < -0.3 is 10.2 Å². The fourth-order valence-electron chi connectivity index (χ4n) is 2.75. The van der Waals surface area contributed by atoms with Gasteiger partial charge in [-0.15, -0.1) is 0 Å². The predicted octanol–water partition coefficient (Wildman–Crippen LogP) is 1.52. The highest BCUT2D eigenvalue weighted by Gasteiger charge is 2.56. The molecule has 0 aromatic carbocycles. The van der Waals surface area contributed by atoms with Gasteiger partial charge in [0.15, 0.2) is 0 Å². The SMILES string of the molecule is CC12C=CC(C(=O)O)(CC1)C(C(=O)O)C2. The maximum atomic E-state index is 11.2. The molecule has 3 aliphatic carbocycles. The summed E-state index contributed by atoms with van der Waals surface area (Å²) in [6.07, 6.45) is 5.11. The standard InChI is InChI=1S/C11H14O4/c1-10-2-4-11(5-3-10,9(14)15)7(6-10)8(12)13/h2,4,7H,3,5-6H2,1H3,(H,12,13)(H,14,15). The van der Waals surface area contributed by atoms with E-state index in [-0.39, 0.29) is 5.41 Å². The Bertz CT molecular complexity index is 360. The van der Waals surface area contributed by atoms with Gasteiger partial charge in [0.2, 0.25) is 0 Å². The van der Waals surface area contributed by atoms with E-state index in [0.717, 1.165) is 6.42 Å². The molecule has 0 aromatic heterocycles. The summed E-state index contributed by atoms with van der Waals surface area (Å²) in [5, 5.41) is 18.3. The van der Waals surface area contributed by atoms with Crippen molar-refractivity contribution in [1.29, 1.82) is 0 Å². The number of aliphatic carboxylic acids is 2. The molecule has 1 fully saturated rings. The molecule has 15 heavy (non-hydrogen) atoms. The lowest BCUT2D eigenvalue weighted by atomic mass is 9.53. The molecule has 3 aliphatic rings. The van der Waals surface area contributed by atoms with Crippen LogP contribution in [0, 0.1) is 16.7 Å². The van der Waals surface area contributed by atoms with Crippen LogP contribution in [-0.2, 0) is 9.59 Å². The van der Waals surface area contributed by atoms with E-state index in [0.29, 0.717) is 12.8 Å². The largest absolute Gasteiger partial charge is 0.481 e. The van der Waals surface area contributed by atoms with Gasteiger partial charge >= 0.3 is 11.9 Å². The lowest BCUT2D eigenvalue weighted by Crippen LogP contribution is -2.50. The maximum Gasteiger partial charge on any atom is 0.314 e. The second-order valence-corrected chi connectivity index (χ2v) is 4.93. The van der Waals surface area contributed by atoms with Crippen LogP contribution >= 0.6 is 0 Å². The van der Waals surface area contributed by atoms with Crippen molar-refractivity contribution in [1.82, 2.24) is 0 Å². The van der Waals surface area contributed by atoms with Crippen LogP contribution < -0.4 is 0 Å². The van der Waals surface area contributed by atoms with Crippen LogP contribution in [0.2, 0.25) is 0 Å². The normalized spacial score (nSPS) is 42.9. The number of carboxylic acid groups (broad SMARTS) is 2. The van der Waals surface area contributed by atoms with E-state index in [2.05, 4.69) is 0 Å². The summed E-state index contributed by atoms with van der Waals surface area (Å²) in [6.45, 7) is 1.99. The summed E-state index contributed by atoms with van der Waals surface area (Å²) in [7, 11) is 0. The molecular formula is C11H14O4. The zero-order chi connectivity index (χ0) is 11.3. The molecule has 0 heterocycles. The maximum absolute atomic E-state index is 11.2. The summed E-state index contributed by atoms with van der Waals surface area (Å²) < 4.78 is 0. The molecule has 0 aromatic rings. The quantitative estimate of drug-likeness (QED) is 0.677. The fourth-order valence-corrected chi connectivity index (χ4v) is 2.75. The van der Waals surface area contributed by atoms with E-state index >= 15 is 0 Å². The van der Waals surface area contributed by atoms with Gasteiger partial charge in [-0.2, -0.15) is 0 Å². The lowest BCUT2D eigenvalue weighted by molar-refractivity contribution is -0.165. The van der Waals surface area contributed by atoms with Gasteiger partial charge in [-0.3, -0.25) is 9.59 Å². The number of hydrogen-bond acceptors (Lipinski definition) is 2. The molecule has 0 amide bonds. The highest BCUT2D eigenvalue weighted by molar-refractivity contribution is 5.86. The third kappa shape index (κ3) is 1.28. The van der Waals surface area contributed by atoms with Crippen molar-refractivity contribution >= 4 is 11.9 Å². The van der Waals surface area contributed by atoms with Crippen LogP contribution in [0.1, 0.15) is 26.2 Å². The van der Waals surface area contributed by atoms with Crippen molar-refractivity contribution in [2.24, 2.45) is 16.7 Å². The number of allylic oxidation sites excluding steroid dienone is 1. The minimum Gasteiger partial charge on any atom is -0.481 e. The molecule has 3 atom stereocenters. The first-order valence-corrected chi connectivity index (χ1v) is 5.06. The molecule has 4 heteroatoms. The highest BCUT2D eigenvalue weighted by atomic mass is 16.4. The molecule has 2 N–H and O–H groups in total. The number of fused-ring (bicyclic) bond motifs is 2. The van der Waals surface area contributed by atoms with Gasteiger partial charge in [-0.05, 0) is 24.7 Å². The monoisotopic (exact) mass is 210 g/mol. The van der Waals surface area contributed by atoms with Crippen LogP contribution in [0.25, 0.3) is 0 Å². The average Bonchev–Trinajstić information content (AvgIpc) is 2.17. The Morgan fingerprint density at radius 2 is 1.93 bits per heavy atom. The summed E-state index contributed by atoms with van der Waals surface area (Å²) >= 11 is 0. The smallest absolute Gasteiger partial charge is 0.314 e. The van der Waals surface area contributed by atoms with Crippen molar-refractivity contribution in [3.63, 3.8) is 0 Å². The van der Waals surface area contributed by atoms with Crippen LogP contribution in [-0.4, -0.2) is 22.2 Å². The van der Waals surface area contributed by atoms with Crippen molar-refractivity contribution in [3.05, 3.63) is 12.2 Å². The van der Waals surface area contributed by atoms with Crippen molar-refractivity contribution in [2.45, 2.75) is 26.2 Å². The summed E-state index contributed by atoms with van der Waals surface area (Å²) in [5.41, 5.74) is -1.29. The van der Waals surface area contributed by atoms with Crippen molar-refractivity contribution < 1.29 is 19.8 Å². The van der Waals surface area contributed by atoms with Gasteiger partial charge in [0.1, 0.15) is 0 Å². The topological polar surface area (TPSA) is 74.6 Å². The van der Waals surface area contributed by atoms with Gasteiger partial charge in [0.25, 0.3) is 0 Å². The minimum absolute atomic E-state index is 0.125. The number of carboxylic acids is 2. The second-order valence-electron chi connectivity index (χ2n) is 4.93. The van der Waals surface area contributed by atoms with E-state index < -0.39 is 23.3 Å². The lowest BCUT2D eigenvalue weighted by Gasteiger charge is -2.48. The van der Waals surface area contributed by atoms with Crippen molar-refractivity contribution in [3.8, 4) is 0 Å².